The second-order valence-corrected chi connectivity index (χ2v) is 10.00. The SMILES string of the molecule is CCOC(=O)[C@H]1CCCC(N2CCC2)C1NC(=O)c1ccc(OCc2cc(C)nc3ccccc23)cc1. The van der Waals surface area contributed by atoms with Crippen LogP contribution in [0.5, 0.6) is 5.75 Å². The lowest BCUT2D eigenvalue weighted by Crippen LogP contribution is -2.61. The molecule has 2 heterocycles. The number of amides is 1. The second-order valence-electron chi connectivity index (χ2n) is 10.00. The summed E-state index contributed by atoms with van der Waals surface area (Å²) < 4.78 is 11.4. The largest absolute Gasteiger partial charge is 0.489 e. The number of pyridine rings is 1. The molecule has 194 valence electrons. The smallest absolute Gasteiger partial charge is 0.311 e. The zero-order chi connectivity index (χ0) is 25.8. The molecule has 37 heavy (non-hydrogen) atoms. The average Bonchev–Trinajstić information content (AvgIpc) is 2.87. The number of carbonyl (C=O) groups is 2. The number of nitrogens with zero attached hydrogens (tertiary/aromatic N) is 2. The van der Waals surface area contributed by atoms with E-state index >= 15 is 0 Å². The first kappa shape index (κ1) is 25.2. The van der Waals surface area contributed by atoms with E-state index in [-0.39, 0.29) is 29.9 Å². The number of benzene rings is 2. The zero-order valence-electron chi connectivity index (χ0n) is 21.6. The van der Waals surface area contributed by atoms with Gasteiger partial charge in [-0.3, -0.25) is 19.5 Å². The van der Waals surface area contributed by atoms with Crippen molar-refractivity contribution in [3.05, 3.63) is 71.4 Å². The van der Waals surface area contributed by atoms with Gasteiger partial charge in [-0.15, -0.1) is 0 Å². The number of likely N-dealkylation sites (tertiary alicyclic amines) is 1. The Bertz CT molecular complexity index is 1260. The molecule has 1 saturated heterocycles. The molecule has 1 saturated carbocycles. The number of hydrogen-bond acceptors (Lipinski definition) is 6. The maximum atomic E-state index is 13.3. The highest BCUT2D eigenvalue weighted by Gasteiger charge is 2.43. The first-order valence-electron chi connectivity index (χ1n) is 13.3. The molecular weight excluding hydrogens is 466 g/mol. The summed E-state index contributed by atoms with van der Waals surface area (Å²) in [5.74, 6) is -0.00483. The fraction of sp³-hybridized carbons (Fsp3) is 0.433. The number of hydrogen-bond donors (Lipinski definition) is 1. The fourth-order valence-electron chi connectivity index (χ4n) is 5.58. The molecule has 1 N–H and O–H groups in total. The summed E-state index contributed by atoms with van der Waals surface area (Å²) in [4.78, 5) is 33.0. The average molecular weight is 502 g/mol. The van der Waals surface area contributed by atoms with Gasteiger partial charge in [0.2, 0.25) is 0 Å². The molecule has 0 spiro atoms. The Morgan fingerprint density at radius 1 is 1.05 bits per heavy atom. The van der Waals surface area contributed by atoms with Crippen LogP contribution in [0.3, 0.4) is 0 Å². The van der Waals surface area contributed by atoms with Gasteiger partial charge in [-0.25, -0.2) is 0 Å². The number of esters is 1. The number of carbonyl (C=O) groups excluding carboxylic acids is 2. The highest BCUT2D eigenvalue weighted by molar-refractivity contribution is 5.95. The normalized spacial score (nSPS) is 21.7. The Balaban J connectivity index is 1.26. The van der Waals surface area contributed by atoms with Crippen molar-refractivity contribution >= 4 is 22.8 Å². The summed E-state index contributed by atoms with van der Waals surface area (Å²) in [6.07, 6.45) is 3.85. The molecule has 1 aliphatic carbocycles. The predicted molar refractivity (Wildman–Crippen MR) is 142 cm³/mol. The van der Waals surface area contributed by atoms with Crippen LogP contribution in [-0.2, 0) is 16.1 Å². The molecule has 3 aromatic rings. The third-order valence-corrected chi connectivity index (χ3v) is 7.55. The van der Waals surface area contributed by atoms with E-state index in [4.69, 9.17) is 9.47 Å². The van der Waals surface area contributed by atoms with Crippen LogP contribution in [0.25, 0.3) is 10.9 Å². The van der Waals surface area contributed by atoms with Crippen molar-refractivity contribution < 1.29 is 19.1 Å². The Morgan fingerprint density at radius 2 is 1.84 bits per heavy atom. The molecule has 2 unspecified atom stereocenters. The lowest BCUT2D eigenvalue weighted by Gasteiger charge is -2.47. The third-order valence-electron chi connectivity index (χ3n) is 7.55. The summed E-state index contributed by atoms with van der Waals surface area (Å²) in [6, 6.07) is 17.2. The van der Waals surface area contributed by atoms with Crippen LogP contribution in [0.4, 0.5) is 0 Å². The molecule has 1 aliphatic heterocycles. The van der Waals surface area contributed by atoms with Gasteiger partial charge >= 0.3 is 5.97 Å². The fourth-order valence-corrected chi connectivity index (χ4v) is 5.58. The van der Waals surface area contributed by atoms with Crippen molar-refractivity contribution in [1.82, 2.24) is 15.2 Å². The molecule has 7 heteroatoms. The minimum Gasteiger partial charge on any atom is -0.489 e. The highest BCUT2D eigenvalue weighted by Crippen LogP contribution is 2.32. The number of rotatable bonds is 8. The van der Waals surface area contributed by atoms with Crippen molar-refractivity contribution in [2.24, 2.45) is 5.92 Å². The van der Waals surface area contributed by atoms with Crippen LogP contribution in [0.1, 0.15) is 54.2 Å². The van der Waals surface area contributed by atoms with Crippen molar-refractivity contribution in [2.45, 2.75) is 58.2 Å². The molecule has 5 rings (SSSR count). The predicted octanol–water partition coefficient (Wildman–Crippen LogP) is 4.66. The number of aryl methyl sites for hydroxylation is 1. The summed E-state index contributed by atoms with van der Waals surface area (Å²) in [5, 5.41) is 4.27. The Labute approximate surface area is 218 Å². The number of aromatic nitrogens is 1. The molecule has 2 fully saturated rings. The molecule has 0 bridgehead atoms. The van der Waals surface area contributed by atoms with Gasteiger partial charge in [0.25, 0.3) is 5.91 Å². The van der Waals surface area contributed by atoms with Crippen molar-refractivity contribution in [3.63, 3.8) is 0 Å². The van der Waals surface area contributed by atoms with E-state index in [2.05, 4.69) is 21.3 Å². The Morgan fingerprint density at radius 3 is 2.57 bits per heavy atom. The van der Waals surface area contributed by atoms with Crippen LogP contribution in [0.2, 0.25) is 0 Å². The lowest BCUT2D eigenvalue weighted by atomic mass is 9.79. The minimum atomic E-state index is -0.315. The van der Waals surface area contributed by atoms with Crippen LogP contribution >= 0.6 is 0 Å². The van der Waals surface area contributed by atoms with Gasteiger partial charge in [0.1, 0.15) is 12.4 Å². The third kappa shape index (κ3) is 5.62. The van der Waals surface area contributed by atoms with Crippen LogP contribution in [-0.4, -0.2) is 53.5 Å². The molecule has 2 aliphatic rings. The van der Waals surface area contributed by atoms with E-state index in [1.165, 1.54) is 0 Å². The number of nitrogens with one attached hydrogen (secondary N) is 1. The lowest BCUT2D eigenvalue weighted by molar-refractivity contribution is -0.151. The van der Waals surface area contributed by atoms with Crippen LogP contribution in [0.15, 0.2) is 54.6 Å². The van der Waals surface area contributed by atoms with Gasteiger partial charge < -0.3 is 14.8 Å². The number of para-hydroxylation sites is 1. The molecule has 7 nitrogen and oxygen atoms in total. The molecule has 1 amide bonds. The van der Waals surface area contributed by atoms with Crippen molar-refractivity contribution in [3.8, 4) is 5.75 Å². The van der Waals surface area contributed by atoms with E-state index in [9.17, 15) is 9.59 Å². The first-order valence-corrected chi connectivity index (χ1v) is 13.3. The molecule has 2 aromatic carbocycles. The van der Waals surface area contributed by atoms with Crippen LogP contribution < -0.4 is 10.1 Å². The van der Waals surface area contributed by atoms with Gasteiger partial charge in [0.05, 0.1) is 24.1 Å². The van der Waals surface area contributed by atoms with Gasteiger partial charge in [0.15, 0.2) is 0 Å². The quantitative estimate of drug-likeness (QED) is 0.452. The van der Waals surface area contributed by atoms with Crippen molar-refractivity contribution in [1.29, 1.82) is 0 Å². The molecule has 3 atom stereocenters. The summed E-state index contributed by atoms with van der Waals surface area (Å²) in [6.45, 7) is 6.60. The highest BCUT2D eigenvalue weighted by atomic mass is 16.5. The monoisotopic (exact) mass is 501 g/mol. The van der Waals surface area contributed by atoms with E-state index in [0.29, 0.717) is 24.5 Å². The van der Waals surface area contributed by atoms with E-state index in [0.717, 1.165) is 60.9 Å². The van der Waals surface area contributed by atoms with E-state index in [1.54, 1.807) is 12.1 Å². The van der Waals surface area contributed by atoms with Crippen LogP contribution in [0, 0.1) is 12.8 Å². The Hall–Kier alpha value is -3.45. The Kier molecular flexibility index (Phi) is 7.70. The van der Waals surface area contributed by atoms with Gasteiger partial charge in [-0.2, -0.15) is 0 Å². The number of ether oxygens (including phenoxy) is 2. The van der Waals surface area contributed by atoms with Gasteiger partial charge in [-0.05, 0) is 82.6 Å². The topological polar surface area (TPSA) is 80.8 Å². The number of fused-ring (bicyclic) bond motifs is 1. The van der Waals surface area contributed by atoms with E-state index < -0.39 is 0 Å². The van der Waals surface area contributed by atoms with E-state index in [1.807, 2.05) is 50.2 Å². The van der Waals surface area contributed by atoms with Crippen molar-refractivity contribution in [2.75, 3.05) is 19.7 Å². The maximum Gasteiger partial charge on any atom is 0.311 e. The standard InChI is InChI=1S/C30H35N3O4/c1-3-36-30(35)25-9-6-11-27(33-16-7-17-33)28(25)32-29(34)21-12-14-23(15-13-21)37-19-22-18-20(2)31-26-10-5-4-8-24(22)26/h4-5,8,10,12-15,18,25,27-28H,3,6-7,9,11,16-17,19H2,1-2H3,(H,32,34)/t25-,27?,28?/m0/s1. The summed E-state index contributed by atoms with van der Waals surface area (Å²) >= 11 is 0. The maximum absolute atomic E-state index is 13.3. The summed E-state index contributed by atoms with van der Waals surface area (Å²) in [5.41, 5.74) is 3.52. The molecular formula is C30H35N3O4. The summed E-state index contributed by atoms with van der Waals surface area (Å²) in [7, 11) is 0. The van der Waals surface area contributed by atoms with Gasteiger partial charge in [0, 0.05) is 28.2 Å². The molecule has 0 radical (unpaired) electrons. The minimum absolute atomic E-state index is 0.169. The zero-order valence-corrected chi connectivity index (χ0v) is 21.6. The first-order chi connectivity index (χ1) is 18.0. The molecule has 1 aromatic heterocycles. The second kappa shape index (κ2) is 11.3. The van der Waals surface area contributed by atoms with Gasteiger partial charge in [-0.1, -0.05) is 24.6 Å².